The van der Waals surface area contributed by atoms with Crippen LogP contribution in [0.5, 0.6) is 0 Å². The molecule has 19 heavy (non-hydrogen) atoms. The fourth-order valence-electron chi connectivity index (χ4n) is 2.36. The van der Waals surface area contributed by atoms with E-state index in [-0.39, 0.29) is 0 Å². The number of fused-ring (bicyclic) bond motifs is 1. The van der Waals surface area contributed by atoms with Gasteiger partial charge in [-0.05, 0) is 40.5 Å². The standard InChI is InChI=1S/C18H14O/c1-13-10-16(8-9-18(13)12-19)17-7-6-14-4-2-3-5-15(14)11-17/h2-12H,1H3. The molecule has 1 nitrogen and oxygen atoms in total. The van der Waals surface area contributed by atoms with Crippen LogP contribution in [0.4, 0.5) is 0 Å². The Bertz CT molecular complexity index is 756. The molecule has 0 atom stereocenters. The van der Waals surface area contributed by atoms with Gasteiger partial charge >= 0.3 is 0 Å². The lowest BCUT2D eigenvalue weighted by Crippen LogP contribution is -1.87. The highest BCUT2D eigenvalue weighted by Crippen LogP contribution is 2.25. The molecule has 0 bridgehead atoms. The average molecular weight is 246 g/mol. The minimum absolute atomic E-state index is 0.754. The third-order valence-electron chi connectivity index (χ3n) is 3.48. The Labute approximate surface area is 112 Å². The summed E-state index contributed by atoms with van der Waals surface area (Å²) in [5.74, 6) is 0. The fourth-order valence-corrected chi connectivity index (χ4v) is 2.36. The van der Waals surface area contributed by atoms with Gasteiger partial charge in [-0.15, -0.1) is 0 Å². The van der Waals surface area contributed by atoms with Gasteiger partial charge in [-0.25, -0.2) is 0 Å². The van der Waals surface area contributed by atoms with Crippen LogP contribution in [-0.4, -0.2) is 6.29 Å². The van der Waals surface area contributed by atoms with Crippen LogP contribution in [0.25, 0.3) is 21.9 Å². The quantitative estimate of drug-likeness (QED) is 0.602. The number of aryl methyl sites for hydroxylation is 1. The summed E-state index contributed by atoms with van der Waals surface area (Å²) in [6.45, 7) is 1.97. The lowest BCUT2D eigenvalue weighted by atomic mass is 9.98. The monoisotopic (exact) mass is 246 g/mol. The predicted molar refractivity (Wildman–Crippen MR) is 79.5 cm³/mol. The van der Waals surface area contributed by atoms with Gasteiger partial charge in [0.25, 0.3) is 0 Å². The van der Waals surface area contributed by atoms with Crippen LogP contribution in [0.3, 0.4) is 0 Å². The van der Waals surface area contributed by atoms with Crippen molar-refractivity contribution < 1.29 is 4.79 Å². The van der Waals surface area contributed by atoms with Crippen LogP contribution >= 0.6 is 0 Å². The van der Waals surface area contributed by atoms with Crippen molar-refractivity contribution in [2.75, 3.05) is 0 Å². The lowest BCUT2D eigenvalue weighted by molar-refractivity contribution is 0.112. The molecule has 92 valence electrons. The van der Waals surface area contributed by atoms with Crippen molar-refractivity contribution in [3.63, 3.8) is 0 Å². The predicted octanol–water partition coefficient (Wildman–Crippen LogP) is 4.63. The number of carbonyl (C=O) groups is 1. The van der Waals surface area contributed by atoms with Crippen LogP contribution < -0.4 is 0 Å². The Morgan fingerprint density at radius 1 is 0.789 bits per heavy atom. The number of carbonyl (C=O) groups excluding carboxylic acids is 1. The third-order valence-corrected chi connectivity index (χ3v) is 3.48. The first-order valence-electron chi connectivity index (χ1n) is 6.33. The molecule has 0 fully saturated rings. The minimum atomic E-state index is 0.754. The molecule has 0 unspecified atom stereocenters. The van der Waals surface area contributed by atoms with Crippen molar-refractivity contribution in [2.24, 2.45) is 0 Å². The average Bonchev–Trinajstić information content (AvgIpc) is 2.46. The largest absolute Gasteiger partial charge is 0.298 e. The van der Waals surface area contributed by atoms with E-state index in [0.29, 0.717) is 0 Å². The van der Waals surface area contributed by atoms with Crippen molar-refractivity contribution in [3.8, 4) is 11.1 Å². The summed E-state index contributed by atoms with van der Waals surface area (Å²) in [5.41, 5.74) is 4.10. The summed E-state index contributed by atoms with van der Waals surface area (Å²) in [6, 6.07) is 20.7. The topological polar surface area (TPSA) is 17.1 Å². The molecule has 0 spiro atoms. The Hall–Kier alpha value is -2.41. The first kappa shape index (κ1) is 11.7. The van der Waals surface area contributed by atoms with Gasteiger partial charge in [-0.2, -0.15) is 0 Å². The van der Waals surface area contributed by atoms with E-state index in [1.54, 1.807) is 0 Å². The normalized spacial score (nSPS) is 10.6. The molecule has 0 saturated carbocycles. The lowest BCUT2D eigenvalue weighted by Gasteiger charge is -2.06. The maximum absolute atomic E-state index is 10.8. The molecular weight excluding hydrogens is 232 g/mol. The number of rotatable bonds is 2. The number of aldehydes is 1. The Morgan fingerprint density at radius 3 is 2.21 bits per heavy atom. The van der Waals surface area contributed by atoms with Crippen LogP contribution in [0.15, 0.2) is 60.7 Å². The van der Waals surface area contributed by atoms with Gasteiger partial charge in [0.15, 0.2) is 0 Å². The minimum Gasteiger partial charge on any atom is -0.298 e. The van der Waals surface area contributed by atoms with Gasteiger partial charge in [0.05, 0.1) is 0 Å². The van der Waals surface area contributed by atoms with E-state index in [9.17, 15) is 4.79 Å². The third kappa shape index (κ3) is 2.15. The molecule has 0 amide bonds. The Morgan fingerprint density at radius 2 is 1.47 bits per heavy atom. The number of benzene rings is 3. The molecule has 0 N–H and O–H groups in total. The van der Waals surface area contributed by atoms with Crippen molar-refractivity contribution in [3.05, 3.63) is 71.8 Å². The highest BCUT2D eigenvalue weighted by atomic mass is 16.1. The van der Waals surface area contributed by atoms with Gasteiger partial charge in [0.2, 0.25) is 0 Å². The molecule has 0 aliphatic carbocycles. The van der Waals surface area contributed by atoms with E-state index in [1.165, 1.54) is 16.3 Å². The highest BCUT2D eigenvalue weighted by molar-refractivity contribution is 5.88. The fraction of sp³-hybridized carbons (Fsp3) is 0.0556. The van der Waals surface area contributed by atoms with Gasteiger partial charge in [0, 0.05) is 5.56 Å². The first-order chi connectivity index (χ1) is 9.28. The molecule has 3 rings (SSSR count). The summed E-state index contributed by atoms with van der Waals surface area (Å²) in [7, 11) is 0. The summed E-state index contributed by atoms with van der Waals surface area (Å²) in [6.07, 6.45) is 0.902. The van der Waals surface area contributed by atoms with Crippen molar-refractivity contribution >= 4 is 17.1 Å². The van der Waals surface area contributed by atoms with E-state index < -0.39 is 0 Å². The van der Waals surface area contributed by atoms with Crippen molar-refractivity contribution in [1.29, 1.82) is 0 Å². The van der Waals surface area contributed by atoms with Gasteiger partial charge in [-0.3, -0.25) is 4.79 Å². The van der Waals surface area contributed by atoms with E-state index in [4.69, 9.17) is 0 Å². The maximum atomic E-state index is 10.8. The second-order valence-corrected chi connectivity index (χ2v) is 4.75. The molecule has 0 saturated heterocycles. The molecule has 0 aliphatic heterocycles. The summed E-state index contributed by atoms with van der Waals surface area (Å²) in [4.78, 5) is 10.8. The van der Waals surface area contributed by atoms with Crippen molar-refractivity contribution in [1.82, 2.24) is 0 Å². The van der Waals surface area contributed by atoms with Gasteiger partial charge in [0.1, 0.15) is 6.29 Å². The Balaban J connectivity index is 2.13. The zero-order chi connectivity index (χ0) is 13.2. The van der Waals surface area contributed by atoms with Crippen LogP contribution in [0.1, 0.15) is 15.9 Å². The van der Waals surface area contributed by atoms with Crippen LogP contribution in [-0.2, 0) is 0 Å². The van der Waals surface area contributed by atoms with E-state index >= 15 is 0 Å². The zero-order valence-electron chi connectivity index (χ0n) is 10.8. The smallest absolute Gasteiger partial charge is 0.150 e. The van der Waals surface area contributed by atoms with E-state index in [1.807, 2.05) is 31.2 Å². The molecule has 3 aromatic rings. The number of hydrogen-bond donors (Lipinski definition) is 0. The zero-order valence-corrected chi connectivity index (χ0v) is 10.8. The Kier molecular flexibility index (Phi) is 2.88. The second-order valence-electron chi connectivity index (χ2n) is 4.75. The van der Waals surface area contributed by atoms with Gasteiger partial charge in [-0.1, -0.05) is 54.6 Å². The van der Waals surface area contributed by atoms with E-state index in [0.717, 1.165) is 23.0 Å². The molecule has 0 radical (unpaired) electrons. The molecule has 3 aromatic carbocycles. The first-order valence-corrected chi connectivity index (χ1v) is 6.33. The van der Waals surface area contributed by atoms with E-state index in [2.05, 4.69) is 36.4 Å². The van der Waals surface area contributed by atoms with Crippen molar-refractivity contribution in [2.45, 2.75) is 6.92 Å². The molecular formula is C18H14O. The molecule has 0 aromatic heterocycles. The summed E-state index contributed by atoms with van der Waals surface area (Å²) < 4.78 is 0. The molecule has 0 heterocycles. The molecule has 1 heteroatoms. The van der Waals surface area contributed by atoms with Gasteiger partial charge < -0.3 is 0 Å². The summed E-state index contributed by atoms with van der Waals surface area (Å²) >= 11 is 0. The second kappa shape index (κ2) is 4.69. The summed E-state index contributed by atoms with van der Waals surface area (Å²) in [5, 5.41) is 2.48. The highest BCUT2D eigenvalue weighted by Gasteiger charge is 2.02. The molecule has 0 aliphatic rings. The van der Waals surface area contributed by atoms with Crippen LogP contribution in [0, 0.1) is 6.92 Å². The maximum Gasteiger partial charge on any atom is 0.150 e. The SMILES string of the molecule is Cc1cc(-c2ccc3ccccc3c2)ccc1C=O. The number of hydrogen-bond acceptors (Lipinski definition) is 1. The van der Waals surface area contributed by atoms with Crippen LogP contribution in [0.2, 0.25) is 0 Å².